The quantitative estimate of drug-likeness (QED) is 0.599. The first-order chi connectivity index (χ1) is 13.5. The van der Waals surface area contributed by atoms with Gasteiger partial charge in [-0.2, -0.15) is 0 Å². The summed E-state index contributed by atoms with van der Waals surface area (Å²) in [5.41, 5.74) is 2.05. The third kappa shape index (κ3) is 3.60. The van der Waals surface area contributed by atoms with Crippen LogP contribution in [0, 0.1) is 0 Å². The fraction of sp³-hybridized carbons (Fsp3) is 0.389. The molecule has 0 radical (unpaired) electrons. The zero-order chi connectivity index (χ0) is 19.7. The molecule has 3 aromatic heterocycles. The number of ether oxygens (including phenoxy) is 3. The van der Waals surface area contributed by atoms with E-state index in [1.807, 2.05) is 17.5 Å². The molecular formula is C18H18N4O5S. The van der Waals surface area contributed by atoms with Gasteiger partial charge in [0.05, 0.1) is 11.2 Å². The number of thiophene rings is 1. The normalized spacial score (nSPS) is 21.7. The van der Waals surface area contributed by atoms with Crippen molar-refractivity contribution in [3.8, 4) is 10.6 Å². The molecule has 1 aliphatic rings. The van der Waals surface area contributed by atoms with Crippen LogP contribution in [0.4, 0.5) is 0 Å². The SMILES string of the molecule is CC(=O)OC[C@H]1O[C@@H](n2cnc3c(-c4cccs4)ncnc32)C[C@@H]1OC(C)=O. The fourth-order valence-electron chi connectivity index (χ4n) is 3.21. The van der Waals surface area contributed by atoms with Crippen LogP contribution in [0.25, 0.3) is 21.7 Å². The Morgan fingerprint density at radius 3 is 2.86 bits per heavy atom. The number of imidazole rings is 1. The second-order valence-corrected chi connectivity index (χ2v) is 7.29. The first-order valence-corrected chi connectivity index (χ1v) is 9.58. The molecule has 4 rings (SSSR count). The van der Waals surface area contributed by atoms with E-state index >= 15 is 0 Å². The first kappa shape index (κ1) is 18.5. The number of fused-ring (bicyclic) bond motifs is 1. The van der Waals surface area contributed by atoms with E-state index in [4.69, 9.17) is 14.2 Å². The molecule has 10 heteroatoms. The lowest BCUT2D eigenvalue weighted by molar-refractivity contribution is -0.155. The number of carbonyl (C=O) groups is 2. The van der Waals surface area contributed by atoms with Crippen molar-refractivity contribution in [1.82, 2.24) is 19.5 Å². The largest absolute Gasteiger partial charge is 0.463 e. The summed E-state index contributed by atoms with van der Waals surface area (Å²) in [5.74, 6) is -0.838. The van der Waals surface area contributed by atoms with E-state index in [2.05, 4.69) is 15.0 Å². The fourth-order valence-corrected chi connectivity index (χ4v) is 3.94. The smallest absolute Gasteiger partial charge is 0.303 e. The van der Waals surface area contributed by atoms with Gasteiger partial charge >= 0.3 is 11.9 Å². The van der Waals surface area contributed by atoms with Crippen molar-refractivity contribution in [3.63, 3.8) is 0 Å². The summed E-state index contributed by atoms with van der Waals surface area (Å²) >= 11 is 1.57. The van der Waals surface area contributed by atoms with Crippen LogP contribution in [-0.4, -0.2) is 50.3 Å². The van der Waals surface area contributed by atoms with Crippen LogP contribution in [-0.2, 0) is 23.8 Å². The van der Waals surface area contributed by atoms with Gasteiger partial charge in [0.25, 0.3) is 0 Å². The molecule has 1 aliphatic heterocycles. The van der Waals surface area contributed by atoms with E-state index in [1.54, 1.807) is 22.2 Å². The number of aromatic nitrogens is 4. The van der Waals surface area contributed by atoms with Crippen LogP contribution < -0.4 is 0 Å². The molecule has 0 saturated carbocycles. The molecule has 0 bridgehead atoms. The summed E-state index contributed by atoms with van der Waals surface area (Å²) in [6.07, 6.45) is 1.98. The molecule has 0 N–H and O–H groups in total. The second-order valence-electron chi connectivity index (χ2n) is 6.34. The van der Waals surface area contributed by atoms with E-state index in [-0.39, 0.29) is 6.61 Å². The Hall–Kier alpha value is -2.85. The Kier molecular flexibility index (Phi) is 5.05. The molecule has 9 nitrogen and oxygen atoms in total. The molecule has 0 spiro atoms. The summed E-state index contributed by atoms with van der Waals surface area (Å²) in [5, 5.41) is 1.98. The van der Waals surface area contributed by atoms with Gasteiger partial charge in [-0.3, -0.25) is 14.2 Å². The lowest BCUT2D eigenvalue weighted by Gasteiger charge is -2.17. The van der Waals surface area contributed by atoms with Crippen LogP contribution in [0.2, 0.25) is 0 Å². The molecule has 1 fully saturated rings. The molecule has 0 unspecified atom stereocenters. The van der Waals surface area contributed by atoms with Crippen LogP contribution in [0.1, 0.15) is 26.5 Å². The van der Waals surface area contributed by atoms with Crippen molar-refractivity contribution in [1.29, 1.82) is 0 Å². The van der Waals surface area contributed by atoms with E-state index in [9.17, 15) is 9.59 Å². The van der Waals surface area contributed by atoms with Gasteiger partial charge in [-0.15, -0.1) is 11.3 Å². The van der Waals surface area contributed by atoms with Crippen molar-refractivity contribution >= 4 is 34.4 Å². The van der Waals surface area contributed by atoms with Crippen molar-refractivity contribution in [2.24, 2.45) is 0 Å². The molecule has 28 heavy (non-hydrogen) atoms. The minimum atomic E-state index is -0.561. The standard InChI is InChI=1S/C18H18N4O5S/c1-10(23)25-7-13-12(26-11(2)24)6-15(27-13)22-9-21-17-16(14-4-3-5-28-14)19-8-20-18(17)22/h3-5,8-9,12-13,15H,6-7H2,1-2H3/t12-,13+,15+/m0/s1. The molecule has 1 saturated heterocycles. The number of carbonyl (C=O) groups excluding carboxylic acids is 2. The first-order valence-electron chi connectivity index (χ1n) is 8.70. The Balaban J connectivity index is 1.63. The Morgan fingerprint density at radius 2 is 2.14 bits per heavy atom. The summed E-state index contributed by atoms with van der Waals surface area (Å²) < 4.78 is 18.2. The molecule has 0 amide bonds. The van der Waals surface area contributed by atoms with Crippen LogP contribution in [0.3, 0.4) is 0 Å². The third-order valence-electron chi connectivity index (χ3n) is 4.37. The van der Waals surface area contributed by atoms with Gasteiger partial charge in [-0.25, -0.2) is 15.0 Å². The number of hydrogen-bond acceptors (Lipinski definition) is 9. The van der Waals surface area contributed by atoms with Gasteiger partial charge < -0.3 is 14.2 Å². The highest BCUT2D eigenvalue weighted by Gasteiger charge is 2.40. The predicted octanol–water partition coefficient (Wildman–Crippen LogP) is 2.34. The minimum Gasteiger partial charge on any atom is -0.463 e. The van der Waals surface area contributed by atoms with E-state index in [0.29, 0.717) is 17.6 Å². The van der Waals surface area contributed by atoms with Gasteiger partial charge in [-0.05, 0) is 11.4 Å². The van der Waals surface area contributed by atoms with Crippen molar-refractivity contribution in [3.05, 3.63) is 30.2 Å². The molecule has 146 valence electrons. The highest BCUT2D eigenvalue weighted by atomic mass is 32.1. The van der Waals surface area contributed by atoms with Crippen LogP contribution in [0.15, 0.2) is 30.2 Å². The predicted molar refractivity (Wildman–Crippen MR) is 99.4 cm³/mol. The van der Waals surface area contributed by atoms with E-state index in [1.165, 1.54) is 20.2 Å². The molecular weight excluding hydrogens is 384 g/mol. The highest BCUT2D eigenvalue weighted by molar-refractivity contribution is 7.13. The zero-order valence-corrected chi connectivity index (χ0v) is 16.1. The Labute approximate surface area is 164 Å². The van der Waals surface area contributed by atoms with Crippen molar-refractivity contribution < 1.29 is 23.8 Å². The summed E-state index contributed by atoms with van der Waals surface area (Å²) in [7, 11) is 0. The second kappa shape index (κ2) is 7.64. The number of nitrogens with zero attached hydrogens (tertiary/aromatic N) is 4. The van der Waals surface area contributed by atoms with Gasteiger partial charge in [0.1, 0.15) is 42.6 Å². The Bertz CT molecular complexity index is 1000. The average Bonchev–Trinajstić information content (AvgIpc) is 3.38. The van der Waals surface area contributed by atoms with Crippen molar-refractivity contribution in [2.75, 3.05) is 6.61 Å². The molecule has 4 heterocycles. The van der Waals surface area contributed by atoms with E-state index < -0.39 is 30.4 Å². The maximum atomic E-state index is 11.4. The monoisotopic (exact) mass is 402 g/mol. The Morgan fingerprint density at radius 1 is 1.29 bits per heavy atom. The van der Waals surface area contributed by atoms with Gasteiger partial charge in [0.15, 0.2) is 5.65 Å². The maximum Gasteiger partial charge on any atom is 0.303 e. The zero-order valence-electron chi connectivity index (χ0n) is 15.3. The summed E-state index contributed by atoms with van der Waals surface area (Å²) in [6, 6.07) is 3.93. The van der Waals surface area contributed by atoms with E-state index in [0.717, 1.165) is 10.6 Å². The minimum absolute atomic E-state index is 0.00579. The summed E-state index contributed by atoms with van der Waals surface area (Å²) in [4.78, 5) is 36.8. The molecule has 0 aliphatic carbocycles. The average molecular weight is 402 g/mol. The molecule has 0 aromatic carbocycles. The topological polar surface area (TPSA) is 105 Å². The molecule has 3 aromatic rings. The number of hydrogen-bond donors (Lipinski definition) is 0. The maximum absolute atomic E-state index is 11.4. The van der Waals surface area contributed by atoms with Gasteiger partial charge in [0, 0.05) is 20.3 Å². The number of esters is 2. The third-order valence-corrected chi connectivity index (χ3v) is 5.25. The summed E-state index contributed by atoms with van der Waals surface area (Å²) in [6.45, 7) is 2.66. The lowest BCUT2D eigenvalue weighted by atomic mass is 10.2. The highest BCUT2D eigenvalue weighted by Crippen LogP contribution is 2.35. The molecule has 3 atom stereocenters. The van der Waals surface area contributed by atoms with Gasteiger partial charge in [0.2, 0.25) is 0 Å². The number of rotatable bonds is 5. The lowest BCUT2D eigenvalue weighted by Crippen LogP contribution is -2.31. The van der Waals surface area contributed by atoms with Crippen molar-refractivity contribution in [2.45, 2.75) is 38.7 Å². The van der Waals surface area contributed by atoms with Gasteiger partial charge in [-0.1, -0.05) is 6.07 Å². The van der Waals surface area contributed by atoms with Crippen LogP contribution >= 0.6 is 11.3 Å². The van der Waals surface area contributed by atoms with Crippen LogP contribution in [0.5, 0.6) is 0 Å².